The van der Waals surface area contributed by atoms with E-state index in [1.54, 1.807) is 6.07 Å². The van der Waals surface area contributed by atoms with Crippen molar-refractivity contribution in [1.29, 1.82) is 0 Å². The molecule has 2 aliphatic rings. The fraction of sp³-hybridized carbons (Fsp3) is 0.444. The topological polar surface area (TPSA) is 218 Å². The van der Waals surface area contributed by atoms with Gasteiger partial charge in [0.15, 0.2) is 23.2 Å². The Morgan fingerprint density at radius 3 is 2.51 bits per heavy atom. The third kappa shape index (κ3) is 5.49. The van der Waals surface area contributed by atoms with Gasteiger partial charge in [-0.1, -0.05) is 6.07 Å². The van der Waals surface area contributed by atoms with Crippen molar-refractivity contribution in [1.82, 2.24) is 0 Å². The van der Waals surface area contributed by atoms with Crippen molar-refractivity contribution in [2.24, 2.45) is 0 Å². The molecule has 3 heterocycles. The van der Waals surface area contributed by atoms with Crippen LogP contribution in [-0.4, -0.2) is 111 Å². The summed E-state index contributed by atoms with van der Waals surface area (Å²) in [5.74, 6) is 0.209. The van der Waals surface area contributed by atoms with Crippen LogP contribution in [0.2, 0.25) is 0 Å². The van der Waals surface area contributed by atoms with Gasteiger partial charge in [-0.2, -0.15) is 0 Å². The Kier molecular flexibility index (Phi) is 8.20. The first-order valence-corrected chi connectivity index (χ1v) is 12.6. The van der Waals surface area contributed by atoms with Gasteiger partial charge in [-0.15, -0.1) is 0 Å². The Hall–Kier alpha value is -3.31. The number of methoxy groups -OCH3 is 1. The number of rotatable bonds is 8. The van der Waals surface area contributed by atoms with Crippen LogP contribution in [0.4, 0.5) is 0 Å². The van der Waals surface area contributed by atoms with Gasteiger partial charge in [0.2, 0.25) is 6.29 Å². The fourth-order valence-electron chi connectivity index (χ4n) is 4.64. The lowest BCUT2D eigenvalue weighted by Crippen LogP contribution is -2.60. The zero-order chi connectivity index (χ0) is 29.5. The van der Waals surface area contributed by atoms with E-state index in [4.69, 9.17) is 28.1 Å². The van der Waals surface area contributed by atoms with Crippen molar-refractivity contribution < 1.29 is 63.8 Å². The molecule has 0 amide bonds. The lowest BCUT2D eigenvalue weighted by molar-refractivity contribution is -0.289. The third-order valence-corrected chi connectivity index (χ3v) is 7.16. The number of aromatic hydroxyl groups is 1. The summed E-state index contributed by atoms with van der Waals surface area (Å²) in [6.45, 7) is -1.60. The van der Waals surface area contributed by atoms with Gasteiger partial charge in [0.05, 0.1) is 37.9 Å². The maximum absolute atomic E-state index is 13.2. The highest BCUT2D eigenvalue weighted by Crippen LogP contribution is 2.32. The van der Waals surface area contributed by atoms with Crippen molar-refractivity contribution >= 4 is 11.0 Å². The molecule has 7 N–H and O–H groups in total. The highest BCUT2D eigenvalue weighted by molar-refractivity contribution is 5.83. The van der Waals surface area contributed by atoms with Crippen molar-refractivity contribution in [2.45, 2.75) is 48.7 Å². The highest BCUT2D eigenvalue weighted by atomic mass is 16.7. The van der Waals surface area contributed by atoms with E-state index < -0.39 is 61.9 Å². The smallest absolute Gasteiger partial charge is 0.229 e. The minimum atomic E-state index is -1.92. The predicted octanol–water partition coefficient (Wildman–Crippen LogP) is -1.18. The Bertz CT molecular complexity index is 1440. The highest BCUT2D eigenvalue weighted by Gasteiger charge is 2.50. The standard InChI is InChI=1S/C27H30O14/c1-36-18-6-12(2-5-16(18)29)15-8-37-17-7-13(3-4-14(17)20(15)30)40-25-23(33)22(32)21(31)19(41-25)9-38-26-24(34)27(35,10-28)11-39-26/h2-8,19,21-26,28-29,31-35H,9-11H2,1H3. The Labute approximate surface area is 232 Å². The number of aliphatic hydroxyl groups is 6. The molecule has 41 heavy (non-hydrogen) atoms. The molecule has 0 radical (unpaired) electrons. The number of phenols is 1. The van der Waals surface area contributed by atoms with E-state index >= 15 is 0 Å². The normalized spacial score (nSPS) is 31.8. The molecule has 0 bridgehead atoms. The maximum Gasteiger partial charge on any atom is 0.229 e. The van der Waals surface area contributed by atoms with Crippen LogP contribution in [0, 0.1) is 0 Å². The number of aliphatic hydroxyl groups excluding tert-OH is 5. The van der Waals surface area contributed by atoms with E-state index in [1.165, 1.54) is 43.7 Å². The minimum Gasteiger partial charge on any atom is -0.504 e. The lowest BCUT2D eigenvalue weighted by atomic mass is 9.99. The molecule has 5 rings (SSSR count). The largest absolute Gasteiger partial charge is 0.504 e. The van der Waals surface area contributed by atoms with Crippen LogP contribution >= 0.6 is 0 Å². The van der Waals surface area contributed by atoms with Crippen LogP contribution in [0.15, 0.2) is 51.9 Å². The molecule has 8 unspecified atom stereocenters. The first-order chi connectivity index (χ1) is 19.6. The van der Waals surface area contributed by atoms with E-state index in [0.29, 0.717) is 5.56 Å². The molecule has 0 aliphatic carbocycles. The van der Waals surface area contributed by atoms with Crippen LogP contribution in [0.5, 0.6) is 17.2 Å². The van der Waals surface area contributed by atoms with Gasteiger partial charge in [-0.3, -0.25) is 4.79 Å². The van der Waals surface area contributed by atoms with E-state index in [1.807, 2.05) is 0 Å². The average Bonchev–Trinajstić information content (AvgIpc) is 3.26. The van der Waals surface area contributed by atoms with E-state index in [-0.39, 0.29) is 45.8 Å². The molecule has 14 nitrogen and oxygen atoms in total. The average molecular weight is 579 g/mol. The second-order valence-corrected chi connectivity index (χ2v) is 9.87. The Balaban J connectivity index is 1.31. The summed E-state index contributed by atoms with van der Waals surface area (Å²) < 4.78 is 32.6. The van der Waals surface area contributed by atoms with Gasteiger partial charge in [0, 0.05) is 6.07 Å². The number of benzene rings is 2. The van der Waals surface area contributed by atoms with Gasteiger partial charge in [-0.05, 0) is 29.8 Å². The van der Waals surface area contributed by atoms with E-state index in [9.17, 15) is 40.5 Å². The number of phenolic OH excluding ortho intramolecular Hbond substituents is 1. The third-order valence-electron chi connectivity index (χ3n) is 7.16. The van der Waals surface area contributed by atoms with Crippen LogP contribution in [0.1, 0.15) is 0 Å². The predicted molar refractivity (Wildman–Crippen MR) is 137 cm³/mol. The van der Waals surface area contributed by atoms with Gasteiger partial charge >= 0.3 is 0 Å². The molecule has 2 fully saturated rings. The molecule has 14 heteroatoms. The monoisotopic (exact) mass is 578 g/mol. The van der Waals surface area contributed by atoms with Crippen molar-refractivity contribution in [3.63, 3.8) is 0 Å². The summed E-state index contributed by atoms with van der Waals surface area (Å²) in [7, 11) is 1.39. The number of hydrogen-bond acceptors (Lipinski definition) is 14. The fourth-order valence-corrected chi connectivity index (χ4v) is 4.64. The van der Waals surface area contributed by atoms with Gasteiger partial charge < -0.3 is 63.8 Å². The molecular formula is C27H30O14. The molecule has 0 saturated carbocycles. The summed E-state index contributed by atoms with van der Waals surface area (Å²) in [5.41, 5.74) is -1.44. The Morgan fingerprint density at radius 2 is 1.80 bits per heavy atom. The number of ether oxygens (including phenoxy) is 5. The summed E-state index contributed by atoms with van der Waals surface area (Å²) in [4.78, 5) is 13.2. The summed E-state index contributed by atoms with van der Waals surface area (Å²) in [6, 6.07) is 8.69. The maximum atomic E-state index is 13.2. The van der Waals surface area contributed by atoms with Crippen LogP contribution < -0.4 is 14.9 Å². The molecule has 2 aliphatic heterocycles. The second kappa shape index (κ2) is 11.5. The van der Waals surface area contributed by atoms with Crippen molar-refractivity contribution in [2.75, 3.05) is 26.9 Å². The molecule has 8 atom stereocenters. The second-order valence-electron chi connectivity index (χ2n) is 9.87. The molecule has 222 valence electrons. The molecule has 2 aromatic carbocycles. The van der Waals surface area contributed by atoms with Crippen molar-refractivity contribution in [3.05, 3.63) is 52.9 Å². The van der Waals surface area contributed by atoms with E-state index in [2.05, 4.69) is 0 Å². The Morgan fingerprint density at radius 1 is 1.02 bits per heavy atom. The summed E-state index contributed by atoms with van der Waals surface area (Å²) >= 11 is 0. The number of hydrogen-bond donors (Lipinski definition) is 7. The van der Waals surface area contributed by atoms with Crippen LogP contribution in [0.25, 0.3) is 22.1 Å². The quantitative estimate of drug-likeness (QED) is 0.167. The molecular weight excluding hydrogens is 548 g/mol. The van der Waals surface area contributed by atoms with Gasteiger partial charge in [-0.25, -0.2) is 0 Å². The first-order valence-electron chi connectivity index (χ1n) is 12.6. The molecule has 2 saturated heterocycles. The van der Waals surface area contributed by atoms with E-state index in [0.717, 1.165) is 0 Å². The van der Waals surface area contributed by atoms with Gasteiger partial charge in [0.25, 0.3) is 0 Å². The van der Waals surface area contributed by atoms with Crippen LogP contribution in [-0.2, 0) is 14.2 Å². The molecule has 3 aromatic rings. The zero-order valence-electron chi connectivity index (χ0n) is 21.7. The summed E-state index contributed by atoms with van der Waals surface area (Å²) in [6.07, 6.45) is -9.40. The first kappa shape index (κ1) is 29.2. The van der Waals surface area contributed by atoms with Crippen molar-refractivity contribution in [3.8, 4) is 28.4 Å². The summed E-state index contributed by atoms with van der Waals surface area (Å²) in [5, 5.41) is 70.8. The number of fused-ring (bicyclic) bond motifs is 1. The van der Waals surface area contributed by atoms with Crippen LogP contribution in [0.3, 0.4) is 0 Å². The SMILES string of the molecule is COc1cc(-c2coc3cc(OC4OC(COC5OCC(O)(CO)C5O)C(O)C(O)C4O)ccc3c2=O)ccc1O. The molecule has 0 spiro atoms. The van der Waals surface area contributed by atoms with Gasteiger partial charge in [0.1, 0.15) is 53.7 Å². The zero-order valence-corrected chi connectivity index (χ0v) is 21.7. The lowest BCUT2D eigenvalue weighted by Gasteiger charge is -2.40. The minimum absolute atomic E-state index is 0.0832. The molecule has 1 aromatic heterocycles.